The molecule has 14 heavy (non-hydrogen) atoms. The standard InChI is InChI=1S/C11H21NS2/c1-13-11-6-2-5-10(11)12-9-4-3-7-14-8-9/h9-12H,2-8H2,1H3. The van der Waals surface area contributed by atoms with Crippen LogP contribution in [0, 0.1) is 0 Å². The van der Waals surface area contributed by atoms with Crippen LogP contribution in [-0.4, -0.2) is 35.1 Å². The molecule has 2 fully saturated rings. The van der Waals surface area contributed by atoms with Crippen LogP contribution in [0.5, 0.6) is 0 Å². The van der Waals surface area contributed by atoms with Gasteiger partial charge in [0.15, 0.2) is 0 Å². The van der Waals surface area contributed by atoms with Crippen LogP contribution < -0.4 is 5.32 Å². The van der Waals surface area contributed by atoms with Gasteiger partial charge < -0.3 is 5.32 Å². The second-order valence-electron chi connectivity index (χ2n) is 4.39. The Hall–Kier alpha value is 0.660. The van der Waals surface area contributed by atoms with Gasteiger partial charge in [0.25, 0.3) is 0 Å². The van der Waals surface area contributed by atoms with E-state index in [9.17, 15) is 0 Å². The Morgan fingerprint density at radius 1 is 1.21 bits per heavy atom. The summed E-state index contributed by atoms with van der Waals surface area (Å²) in [6, 6.07) is 1.63. The Morgan fingerprint density at radius 2 is 2.14 bits per heavy atom. The van der Waals surface area contributed by atoms with Crippen molar-refractivity contribution in [1.82, 2.24) is 5.32 Å². The summed E-state index contributed by atoms with van der Waals surface area (Å²) in [5, 5.41) is 4.77. The van der Waals surface area contributed by atoms with Crippen molar-refractivity contribution in [1.29, 1.82) is 0 Å². The summed E-state index contributed by atoms with van der Waals surface area (Å²) in [4.78, 5) is 0. The van der Waals surface area contributed by atoms with E-state index in [1.54, 1.807) is 0 Å². The summed E-state index contributed by atoms with van der Waals surface area (Å²) in [6.45, 7) is 0. The molecule has 0 bridgehead atoms. The highest BCUT2D eigenvalue weighted by molar-refractivity contribution is 7.99. The van der Waals surface area contributed by atoms with E-state index in [-0.39, 0.29) is 0 Å². The molecule has 3 atom stereocenters. The van der Waals surface area contributed by atoms with Crippen molar-refractivity contribution in [2.75, 3.05) is 17.8 Å². The molecule has 3 heteroatoms. The lowest BCUT2D eigenvalue weighted by Gasteiger charge is -2.28. The molecule has 1 aliphatic carbocycles. The second-order valence-corrected chi connectivity index (χ2v) is 6.62. The molecule has 0 spiro atoms. The molecule has 1 aliphatic heterocycles. The zero-order valence-electron chi connectivity index (χ0n) is 9.00. The van der Waals surface area contributed by atoms with Gasteiger partial charge >= 0.3 is 0 Å². The van der Waals surface area contributed by atoms with Crippen molar-refractivity contribution in [2.24, 2.45) is 0 Å². The number of thioether (sulfide) groups is 2. The Bertz CT molecular complexity index is 169. The Kier molecular flexibility index (Phi) is 4.51. The molecule has 1 heterocycles. The minimum atomic E-state index is 0.812. The smallest absolute Gasteiger partial charge is 0.0198 e. The third-order valence-electron chi connectivity index (χ3n) is 3.37. The van der Waals surface area contributed by atoms with Crippen LogP contribution in [-0.2, 0) is 0 Å². The number of hydrogen-bond donors (Lipinski definition) is 1. The first-order chi connectivity index (χ1) is 6.90. The van der Waals surface area contributed by atoms with E-state index < -0.39 is 0 Å². The molecular formula is C11H21NS2. The summed E-state index contributed by atoms with van der Waals surface area (Å²) in [7, 11) is 0. The predicted octanol–water partition coefficient (Wildman–Crippen LogP) is 2.76. The summed E-state index contributed by atoms with van der Waals surface area (Å²) < 4.78 is 0. The summed E-state index contributed by atoms with van der Waals surface area (Å²) in [5.74, 6) is 2.73. The van der Waals surface area contributed by atoms with Crippen molar-refractivity contribution in [2.45, 2.75) is 49.4 Å². The lowest BCUT2D eigenvalue weighted by molar-refractivity contribution is 0.434. The minimum absolute atomic E-state index is 0.812. The predicted molar refractivity (Wildman–Crippen MR) is 68.4 cm³/mol. The highest BCUT2D eigenvalue weighted by atomic mass is 32.2. The lowest BCUT2D eigenvalue weighted by Crippen LogP contribution is -2.43. The molecule has 82 valence electrons. The fourth-order valence-corrected chi connectivity index (χ4v) is 4.60. The summed E-state index contributed by atoms with van der Waals surface area (Å²) in [6.07, 6.45) is 9.36. The van der Waals surface area contributed by atoms with Gasteiger partial charge in [-0.1, -0.05) is 6.42 Å². The molecule has 0 aromatic rings. The van der Waals surface area contributed by atoms with E-state index in [1.807, 2.05) is 0 Å². The van der Waals surface area contributed by atoms with Gasteiger partial charge in [-0.05, 0) is 37.7 Å². The average molecular weight is 231 g/mol. The fraction of sp³-hybridized carbons (Fsp3) is 1.00. The normalized spacial score (nSPS) is 38.8. The maximum absolute atomic E-state index is 3.88. The average Bonchev–Trinajstić information content (AvgIpc) is 2.67. The first kappa shape index (κ1) is 11.2. The zero-order chi connectivity index (χ0) is 9.80. The van der Waals surface area contributed by atoms with E-state index in [0.29, 0.717) is 0 Å². The molecule has 3 unspecified atom stereocenters. The largest absolute Gasteiger partial charge is 0.309 e. The van der Waals surface area contributed by atoms with Gasteiger partial charge in [0.1, 0.15) is 0 Å². The maximum Gasteiger partial charge on any atom is 0.0198 e. The lowest BCUT2D eigenvalue weighted by atomic mass is 10.1. The molecular weight excluding hydrogens is 210 g/mol. The number of hydrogen-bond acceptors (Lipinski definition) is 3. The van der Waals surface area contributed by atoms with Gasteiger partial charge in [0.05, 0.1) is 0 Å². The van der Waals surface area contributed by atoms with Crippen molar-refractivity contribution in [3.63, 3.8) is 0 Å². The third kappa shape index (κ3) is 2.83. The van der Waals surface area contributed by atoms with Crippen LogP contribution in [0.25, 0.3) is 0 Å². The van der Waals surface area contributed by atoms with Gasteiger partial charge in [-0.3, -0.25) is 0 Å². The first-order valence-electron chi connectivity index (χ1n) is 5.76. The summed E-state index contributed by atoms with van der Waals surface area (Å²) >= 11 is 4.19. The highest BCUT2D eigenvalue weighted by Gasteiger charge is 2.28. The number of nitrogens with one attached hydrogen (secondary N) is 1. The Balaban J connectivity index is 1.77. The van der Waals surface area contributed by atoms with Crippen LogP contribution in [0.3, 0.4) is 0 Å². The van der Waals surface area contributed by atoms with Gasteiger partial charge in [-0.15, -0.1) is 0 Å². The van der Waals surface area contributed by atoms with Crippen molar-refractivity contribution in [3.05, 3.63) is 0 Å². The molecule has 0 amide bonds. The minimum Gasteiger partial charge on any atom is -0.309 e. The Labute approximate surface area is 96.2 Å². The molecule has 1 saturated heterocycles. The molecule has 0 aromatic carbocycles. The van der Waals surface area contributed by atoms with Crippen LogP contribution in [0.1, 0.15) is 32.1 Å². The SMILES string of the molecule is CSC1CCCC1NC1CCCSC1. The molecule has 0 aromatic heterocycles. The quantitative estimate of drug-likeness (QED) is 0.802. The Morgan fingerprint density at radius 3 is 2.86 bits per heavy atom. The van der Waals surface area contributed by atoms with Crippen molar-refractivity contribution in [3.8, 4) is 0 Å². The second kappa shape index (κ2) is 5.66. The van der Waals surface area contributed by atoms with E-state index in [2.05, 4.69) is 35.1 Å². The molecule has 2 rings (SSSR count). The van der Waals surface area contributed by atoms with Crippen LogP contribution in [0.2, 0.25) is 0 Å². The number of rotatable bonds is 3. The van der Waals surface area contributed by atoms with Crippen LogP contribution in [0.4, 0.5) is 0 Å². The van der Waals surface area contributed by atoms with Crippen LogP contribution >= 0.6 is 23.5 Å². The van der Waals surface area contributed by atoms with E-state index >= 15 is 0 Å². The van der Waals surface area contributed by atoms with E-state index in [4.69, 9.17) is 0 Å². The first-order valence-corrected chi connectivity index (χ1v) is 8.21. The van der Waals surface area contributed by atoms with E-state index in [1.165, 1.54) is 43.6 Å². The van der Waals surface area contributed by atoms with Gasteiger partial charge in [-0.25, -0.2) is 0 Å². The topological polar surface area (TPSA) is 12.0 Å². The van der Waals surface area contributed by atoms with Crippen LogP contribution in [0.15, 0.2) is 0 Å². The third-order valence-corrected chi connectivity index (χ3v) is 5.75. The maximum atomic E-state index is 3.88. The molecule has 2 aliphatic rings. The van der Waals surface area contributed by atoms with Gasteiger partial charge in [-0.2, -0.15) is 23.5 Å². The van der Waals surface area contributed by atoms with Crippen molar-refractivity contribution < 1.29 is 0 Å². The highest BCUT2D eigenvalue weighted by Crippen LogP contribution is 2.29. The van der Waals surface area contributed by atoms with Gasteiger partial charge in [0.2, 0.25) is 0 Å². The fourth-order valence-electron chi connectivity index (χ4n) is 2.57. The monoisotopic (exact) mass is 231 g/mol. The van der Waals surface area contributed by atoms with E-state index in [0.717, 1.165) is 17.3 Å². The molecule has 0 radical (unpaired) electrons. The molecule has 1 nitrogen and oxygen atoms in total. The zero-order valence-corrected chi connectivity index (χ0v) is 10.6. The molecule has 1 N–H and O–H groups in total. The molecule has 1 saturated carbocycles. The van der Waals surface area contributed by atoms with Crippen molar-refractivity contribution >= 4 is 23.5 Å². The van der Waals surface area contributed by atoms with Gasteiger partial charge in [0, 0.05) is 23.1 Å². The summed E-state index contributed by atoms with van der Waals surface area (Å²) in [5.41, 5.74) is 0.